The van der Waals surface area contributed by atoms with Gasteiger partial charge in [0.1, 0.15) is 5.82 Å². The Morgan fingerprint density at radius 1 is 1.48 bits per heavy atom. The second-order valence-corrected chi connectivity index (χ2v) is 5.33. The predicted octanol–water partition coefficient (Wildman–Crippen LogP) is 1.78. The first kappa shape index (κ1) is 13.6. The van der Waals surface area contributed by atoms with Crippen molar-refractivity contribution in [3.05, 3.63) is 35.8 Å². The number of likely N-dealkylation sites (tertiary alicyclic amines) is 1. The minimum absolute atomic E-state index is 0.0673. The van der Waals surface area contributed by atoms with Gasteiger partial charge >= 0.3 is 5.97 Å². The monoisotopic (exact) mass is 290 g/mol. The van der Waals surface area contributed by atoms with E-state index in [1.54, 1.807) is 17.2 Å². The number of carbonyl (C=O) groups excluding carboxylic acids is 1. The molecule has 1 aromatic carbocycles. The van der Waals surface area contributed by atoms with Crippen LogP contribution in [0.1, 0.15) is 12.0 Å². The van der Waals surface area contributed by atoms with Crippen molar-refractivity contribution in [2.24, 2.45) is 5.92 Å². The van der Waals surface area contributed by atoms with E-state index in [0.29, 0.717) is 13.0 Å². The molecular weight excluding hydrogens is 275 g/mol. The van der Waals surface area contributed by atoms with E-state index in [9.17, 15) is 14.0 Å². The number of halogens is 1. The Labute approximate surface area is 120 Å². The molecule has 2 aromatic rings. The van der Waals surface area contributed by atoms with Crippen LogP contribution in [0, 0.1) is 11.7 Å². The highest BCUT2D eigenvalue weighted by atomic mass is 19.1. The summed E-state index contributed by atoms with van der Waals surface area (Å²) in [4.78, 5) is 27.3. The lowest BCUT2D eigenvalue weighted by atomic mass is 10.1. The van der Waals surface area contributed by atoms with E-state index in [-0.39, 0.29) is 24.7 Å². The molecule has 5 nitrogen and oxygen atoms in total. The average molecular weight is 290 g/mol. The van der Waals surface area contributed by atoms with Gasteiger partial charge in [0.15, 0.2) is 0 Å². The highest BCUT2D eigenvalue weighted by molar-refractivity contribution is 5.86. The Morgan fingerprint density at radius 2 is 2.29 bits per heavy atom. The van der Waals surface area contributed by atoms with Crippen LogP contribution in [-0.4, -0.2) is 40.0 Å². The number of carboxylic acids is 1. The van der Waals surface area contributed by atoms with Gasteiger partial charge in [0.05, 0.1) is 5.92 Å². The molecule has 1 aliphatic heterocycles. The Hall–Kier alpha value is -2.37. The Balaban J connectivity index is 1.71. The van der Waals surface area contributed by atoms with E-state index in [2.05, 4.69) is 4.98 Å². The second-order valence-electron chi connectivity index (χ2n) is 5.33. The minimum Gasteiger partial charge on any atom is -0.481 e. The molecule has 1 amide bonds. The quantitative estimate of drug-likeness (QED) is 0.901. The van der Waals surface area contributed by atoms with Gasteiger partial charge in [0.25, 0.3) is 0 Å². The smallest absolute Gasteiger partial charge is 0.308 e. The van der Waals surface area contributed by atoms with Crippen molar-refractivity contribution in [1.29, 1.82) is 0 Å². The van der Waals surface area contributed by atoms with E-state index in [4.69, 9.17) is 5.11 Å². The molecule has 0 bridgehead atoms. The molecule has 0 spiro atoms. The van der Waals surface area contributed by atoms with Crippen LogP contribution >= 0.6 is 0 Å². The number of aliphatic carboxylic acids is 1. The van der Waals surface area contributed by atoms with Crippen LogP contribution in [0.5, 0.6) is 0 Å². The summed E-state index contributed by atoms with van der Waals surface area (Å²) in [6, 6.07) is 4.53. The number of fused-ring (bicyclic) bond motifs is 1. The zero-order chi connectivity index (χ0) is 15.0. The molecule has 1 atom stereocenters. The van der Waals surface area contributed by atoms with Gasteiger partial charge < -0.3 is 15.0 Å². The zero-order valence-electron chi connectivity index (χ0n) is 11.3. The maximum absolute atomic E-state index is 13.3. The molecule has 1 fully saturated rings. The van der Waals surface area contributed by atoms with E-state index in [0.717, 1.165) is 16.5 Å². The number of H-pyrrole nitrogens is 1. The SMILES string of the molecule is O=C(O)[C@@H]1CC(=O)N(CCc2c[nH]c3ccc(F)cc23)C1. The van der Waals surface area contributed by atoms with Gasteiger partial charge in [-0.05, 0) is 30.2 Å². The molecule has 2 heterocycles. The number of carbonyl (C=O) groups is 2. The van der Waals surface area contributed by atoms with Crippen molar-refractivity contribution in [3.8, 4) is 0 Å². The summed E-state index contributed by atoms with van der Waals surface area (Å²) < 4.78 is 13.3. The summed E-state index contributed by atoms with van der Waals surface area (Å²) in [5.74, 6) is -1.97. The topological polar surface area (TPSA) is 73.4 Å². The van der Waals surface area contributed by atoms with Crippen molar-refractivity contribution in [1.82, 2.24) is 9.88 Å². The summed E-state index contributed by atoms with van der Waals surface area (Å²) in [7, 11) is 0. The summed E-state index contributed by atoms with van der Waals surface area (Å²) in [6.07, 6.45) is 2.44. The first-order chi connectivity index (χ1) is 10.0. The number of aromatic amines is 1. The van der Waals surface area contributed by atoms with Gasteiger partial charge in [-0.15, -0.1) is 0 Å². The molecule has 110 valence electrons. The fraction of sp³-hybridized carbons (Fsp3) is 0.333. The summed E-state index contributed by atoms with van der Waals surface area (Å²) >= 11 is 0. The summed E-state index contributed by atoms with van der Waals surface area (Å²) in [5, 5.41) is 9.75. The highest BCUT2D eigenvalue weighted by Crippen LogP contribution is 2.22. The number of carboxylic acid groups (broad SMARTS) is 1. The maximum Gasteiger partial charge on any atom is 0.308 e. The zero-order valence-corrected chi connectivity index (χ0v) is 11.3. The predicted molar refractivity (Wildman–Crippen MR) is 74.3 cm³/mol. The fourth-order valence-corrected chi connectivity index (χ4v) is 2.77. The lowest BCUT2D eigenvalue weighted by molar-refractivity contribution is -0.141. The Bertz CT molecular complexity index is 710. The molecule has 1 aromatic heterocycles. The molecule has 1 aliphatic rings. The minimum atomic E-state index is -0.931. The molecule has 2 N–H and O–H groups in total. The number of benzene rings is 1. The third-order valence-corrected chi connectivity index (χ3v) is 3.94. The summed E-state index contributed by atoms with van der Waals surface area (Å²) in [6.45, 7) is 0.705. The highest BCUT2D eigenvalue weighted by Gasteiger charge is 2.33. The van der Waals surface area contributed by atoms with E-state index >= 15 is 0 Å². The molecule has 6 heteroatoms. The number of nitrogens with zero attached hydrogens (tertiary/aromatic N) is 1. The number of nitrogens with one attached hydrogen (secondary N) is 1. The van der Waals surface area contributed by atoms with Gasteiger partial charge in [-0.25, -0.2) is 4.39 Å². The van der Waals surface area contributed by atoms with E-state index in [1.165, 1.54) is 12.1 Å². The van der Waals surface area contributed by atoms with Crippen molar-refractivity contribution >= 4 is 22.8 Å². The van der Waals surface area contributed by atoms with Crippen molar-refractivity contribution in [2.45, 2.75) is 12.8 Å². The molecule has 3 rings (SSSR count). The van der Waals surface area contributed by atoms with E-state index in [1.807, 2.05) is 0 Å². The van der Waals surface area contributed by atoms with Crippen LogP contribution in [0.3, 0.4) is 0 Å². The number of rotatable bonds is 4. The van der Waals surface area contributed by atoms with Gasteiger partial charge in [-0.2, -0.15) is 0 Å². The standard InChI is InChI=1S/C15H15FN2O3/c16-11-1-2-13-12(6-11)9(7-17-13)3-4-18-8-10(15(20)21)5-14(18)19/h1-2,6-7,10,17H,3-5,8H2,(H,20,21)/t10-/m1/s1. The maximum atomic E-state index is 13.3. The number of amides is 1. The second kappa shape index (κ2) is 5.20. The first-order valence-corrected chi connectivity index (χ1v) is 6.80. The van der Waals surface area contributed by atoms with Crippen LogP contribution in [0.2, 0.25) is 0 Å². The molecular formula is C15H15FN2O3. The van der Waals surface area contributed by atoms with Gasteiger partial charge in [-0.1, -0.05) is 0 Å². The Kier molecular flexibility index (Phi) is 3.37. The lowest BCUT2D eigenvalue weighted by Gasteiger charge is -2.15. The van der Waals surface area contributed by atoms with E-state index < -0.39 is 11.9 Å². The normalized spacial score (nSPS) is 18.6. The van der Waals surface area contributed by atoms with Crippen molar-refractivity contribution in [2.75, 3.05) is 13.1 Å². The van der Waals surface area contributed by atoms with Gasteiger partial charge in [-0.3, -0.25) is 9.59 Å². The molecule has 21 heavy (non-hydrogen) atoms. The molecule has 0 radical (unpaired) electrons. The summed E-state index contributed by atoms with van der Waals surface area (Å²) in [5.41, 5.74) is 1.78. The van der Waals surface area contributed by atoms with Crippen molar-refractivity contribution < 1.29 is 19.1 Å². The van der Waals surface area contributed by atoms with Crippen LogP contribution in [0.25, 0.3) is 10.9 Å². The molecule has 0 aliphatic carbocycles. The van der Waals surface area contributed by atoms with Crippen molar-refractivity contribution in [3.63, 3.8) is 0 Å². The van der Waals surface area contributed by atoms with Gasteiger partial charge in [0, 0.05) is 36.6 Å². The van der Waals surface area contributed by atoms with Crippen LogP contribution < -0.4 is 0 Å². The average Bonchev–Trinajstić information content (AvgIpc) is 3.00. The molecule has 0 saturated carbocycles. The van der Waals surface area contributed by atoms with Gasteiger partial charge in [0.2, 0.25) is 5.91 Å². The fourth-order valence-electron chi connectivity index (χ4n) is 2.77. The third kappa shape index (κ3) is 2.61. The largest absolute Gasteiger partial charge is 0.481 e. The number of aromatic nitrogens is 1. The Morgan fingerprint density at radius 3 is 3.00 bits per heavy atom. The first-order valence-electron chi connectivity index (χ1n) is 6.80. The van der Waals surface area contributed by atoms with Crippen LogP contribution in [0.4, 0.5) is 4.39 Å². The van der Waals surface area contributed by atoms with Crippen LogP contribution in [-0.2, 0) is 16.0 Å². The molecule has 0 unspecified atom stereocenters. The third-order valence-electron chi connectivity index (χ3n) is 3.94. The van der Waals surface area contributed by atoms with Crippen LogP contribution in [0.15, 0.2) is 24.4 Å². The lowest BCUT2D eigenvalue weighted by Crippen LogP contribution is -2.28. The number of hydrogen-bond donors (Lipinski definition) is 2. The number of hydrogen-bond acceptors (Lipinski definition) is 2. The molecule has 1 saturated heterocycles.